The van der Waals surface area contributed by atoms with Gasteiger partial charge < -0.3 is 14.2 Å². The van der Waals surface area contributed by atoms with Crippen molar-refractivity contribution in [3.63, 3.8) is 0 Å². The van der Waals surface area contributed by atoms with Gasteiger partial charge in [0.1, 0.15) is 13.2 Å². The monoisotopic (exact) mass is 313 g/mol. The van der Waals surface area contributed by atoms with E-state index in [0.29, 0.717) is 44.4 Å². The smallest absolute Gasteiger partial charge is 0.243 e. The van der Waals surface area contributed by atoms with Crippen LogP contribution in [0.3, 0.4) is 0 Å². The molecule has 6 nitrogen and oxygen atoms in total. The zero-order valence-corrected chi connectivity index (χ0v) is 12.8. The molecule has 0 aliphatic carbocycles. The Bertz CT molecular complexity index is 616. The van der Waals surface area contributed by atoms with Gasteiger partial charge in [-0.3, -0.25) is 0 Å². The van der Waals surface area contributed by atoms with Gasteiger partial charge in [-0.2, -0.15) is 4.31 Å². The Morgan fingerprint density at radius 3 is 2.71 bits per heavy atom. The Morgan fingerprint density at radius 2 is 1.95 bits per heavy atom. The lowest BCUT2D eigenvalue weighted by molar-refractivity contribution is -0.00278. The first kappa shape index (κ1) is 14.6. The predicted octanol–water partition coefficient (Wildman–Crippen LogP) is 1.26. The van der Waals surface area contributed by atoms with Crippen LogP contribution in [-0.2, 0) is 14.8 Å². The average Bonchev–Trinajstić information content (AvgIpc) is 2.54. The van der Waals surface area contributed by atoms with E-state index in [1.807, 2.05) is 6.92 Å². The second-order valence-corrected chi connectivity index (χ2v) is 7.01. The van der Waals surface area contributed by atoms with Crippen LogP contribution in [0.15, 0.2) is 23.1 Å². The predicted molar refractivity (Wildman–Crippen MR) is 76.2 cm³/mol. The summed E-state index contributed by atoms with van der Waals surface area (Å²) in [6.07, 6.45) is 0.762. The molecule has 1 saturated heterocycles. The number of morpholine rings is 1. The SMILES string of the molecule is CC[C@@H]1CN(S(=O)(=O)c2ccc3c(c2)OCCO3)CCO1. The molecule has 1 fully saturated rings. The van der Waals surface area contributed by atoms with Crippen LogP contribution in [0.4, 0.5) is 0 Å². The second kappa shape index (κ2) is 5.82. The first-order chi connectivity index (χ1) is 10.1. The average molecular weight is 313 g/mol. The molecule has 2 aliphatic heterocycles. The standard InChI is InChI=1S/C14H19NO5S/c1-2-11-10-15(5-6-18-11)21(16,17)12-3-4-13-14(9-12)20-8-7-19-13/h3-4,9,11H,2,5-8,10H2,1H3/t11-/m1/s1. The molecule has 0 amide bonds. The summed E-state index contributed by atoms with van der Waals surface area (Å²) >= 11 is 0. The molecule has 0 radical (unpaired) electrons. The quantitative estimate of drug-likeness (QED) is 0.840. The highest BCUT2D eigenvalue weighted by molar-refractivity contribution is 7.89. The lowest BCUT2D eigenvalue weighted by atomic mass is 10.2. The topological polar surface area (TPSA) is 65.1 Å². The van der Waals surface area contributed by atoms with Crippen LogP contribution >= 0.6 is 0 Å². The minimum Gasteiger partial charge on any atom is -0.486 e. The van der Waals surface area contributed by atoms with Crippen LogP contribution in [0.25, 0.3) is 0 Å². The summed E-state index contributed by atoms with van der Waals surface area (Å²) < 4.78 is 43.3. The first-order valence-electron chi connectivity index (χ1n) is 7.12. The molecule has 3 rings (SSSR count). The molecule has 2 heterocycles. The maximum atomic E-state index is 12.7. The highest BCUT2D eigenvalue weighted by Gasteiger charge is 2.31. The number of ether oxygens (including phenoxy) is 3. The lowest BCUT2D eigenvalue weighted by Crippen LogP contribution is -2.45. The van der Waals surface area contributed by atoms with Crippen LogP contribution in [0, 0.1) is 0 Å². The van der Waals surface area contributed by atoms with Gasteiger partial charge >= 0.3 is 0 Å². The van der Waals surface area contributed by atoms with Gasteiger partial charge in [-0.05, 0) is 18.6 Å². The number of fused-ring (bicyclic) bond motifs is 1. The summed E-state index contributed by atoms with van der Waals surface area (Å²) in [4.78, 5) is 0.239. The molecule has 0 saturated carbocycles. The summed E-state index contributed by atoms with van der Waals surface area (Å²) in [7, 11) is -3.52. The van der Waals surface area contributed by atoms with Crippen molar-refractivity contribution < 1.29 is 22.6 Å². The van der Waals surface area contributed by atoms with E-state index in [4.69, 9.17) is 14.2 Å². The Hall–Kier alpha value is -1.31. The maximum absolute atomic E-state index is 12.7. The molecule has 1 aromatic rings. The normalized spacial score (nSPS) is 23.0. The minimum absolute atomic E-state index is 0.0364. The van der Waals surface area contributed by atoms with Crippen molar-refractivity contribution in [1.29, 1.82) is 0 Å². The van der Waals surface area contributed by atoms with E-state index in [-0.39, 0.29) is 11.0 Å². The van der Waals surface area contributed by atoms with E-state index < -0.39 is 10.0 Å². The van der Waals surface area contributed by atoms with Gasteiger partial charge in [0.2, 0.25) is 10.0 Å². The number of benzene rings is 1. The van der Waals surface area contributed by atoms with Crippen molar-refractivity contribution in [2.24, 2.45) is 0 Å². The molecule has 116 valence electrons. The molecule has 2 aliphatic rings. The fourth-order valence-electron chi connectivity index (χ4n) is 2.49. The summed E-state index contributed by atoms with van der Waals surface area (Å²) in [6.45, 7) is 4.13. The molecule has 1 atom stereocenters. The first-order valence-corrected chi connectivity index (χ1v) is 8.56. The van der Waals surface area contributed by atoms with Crippen molar-refractivity contribution in [2.75, 3.05) is 32.9 Å². The summed E-state index contributed by atoms with van der Waals surface area (Å²) in [5.74, 6) is 1.08. The minimum atomic E-state index is -3.52. The number of hydrogen-bond acceptors (Lipinski definition) is 5. The van der Waals surface area contributed by atoms with Crippen LogP contribution in [-0.4, -0.2) is 51.7 Å². The molecule has 0 spiro atoms. The number of nitrogens with zero attached hydrogens (tertiary/aromatic N) is 1. The van der Waals surface area contributed by atoms with Gasteiger partial charge in [0, 0.05) is 19.2 Å². The number of hydrogen-bond donors (Lipinski definition) is 0. The van der Waals surface area contributed by atoms with Crippen LogP contribution < -0.4 is 9.47 Å². The van der Waals surface area contributed by atoms with Gasteiger partial charge in [-0.1, -0.05) is 6.92 Å². The van der Waals surface area contributed by atoms with Crippen LogP contribution in [0.5, 0.6) is 11.5 Å². The molecule has 0 N–H and O–H groups in total. The lowest BCUT2D eigenvalue weighted by Gasteiger charge is -2.31. The molecule has 0 bridgehead atoms. The molecule has 1 aromatic carbocycles. The zero-order chi connectivity index (χ0) is 14.9. The van der Waals surface area contributed by atoms with Gasteiger partial charge in [0.25, 0.3) is 0 Å². The Labute approximate surface area is 124 Å². The largest absolute Gasteiger partial charge is 0.486 e. The fraction of sp³-hybridized carbons (Fsp3) is 0.571. The van der Waals surface area contributed by atoms with E-state index in [9.17, 15) is 8.42 Å². The highest BCUT2D eigenvalue weighted by atomic mass is 32.2. The Morgan fingerprint density at radius 1 is 1.19 bits per heavy atom. The van der Waals surface area contributed by atoms with Gasteiger partial charge in [-0.15, -0.1) is 0 Å². The van der Waals surface area contributed by atoms with Crippen LogP contribution in [0.1, 0.15) is 13.3 Å². The zero-order valence-electron chi connectivity index (χ0n) is 11.9. The van der Waals surface area contributed by atoms with Crippen molar-refractivity contribution in [3.05, 3.63) is 18.2 Å². The Kier molecular flexibility index (Phi) is 4.05. The van der Waals surface area contributed by atoms with Crippen molar-refractivity contribution in [1.82, 2.24) is 4.31 Å². The summed E-state index contributed by atoms with van der Waals surface area (Å²) in [6, 6.07) is 4.76. The maximum Gasteiger partial charge on any atom is 0.243 e. The van der Waals surface area contributed by atoms with Crippen LogP contribution in [0.2, 0.25) is 0 Å². The van der Waals surface area contributed by atoms with Crippen molar-refractivity contribution >= 4 is 10.0 Å². The van der Waals surface area contributed by atoms with E-state index in [1.54, 1.807) is 18.2 Å². The molecule has 7 heteroatoms. The molecule has 0 aromatic heterocycles. The molecular weight excluding hydrogens is 294 g/mol. The number of rotatable bonds is 3. The third kappa shape index (κ3) is 2.86. The summed E-state index contributed by atoms with van der Waals surface area (Å²) in [5, 5.41) is 0. The van der Waals surface area contributed by atoms with E-state index in [0.717, 1.165) is 6.42 Å². The fourth-order valence-corrected chi connectivity index (χ4v) is 3.96. The molecular formula is C14H19NO5S. The molecule has 21 heavy (non-hydrogen) atoms. The number of sulfonamides is 1. The highest BCUT2D eigenvalue weighted by Crippen LogP contribution is 2.33. The molecule has 0 unspecified atom stereocenters. The van der Waals surface area contributed by atoms with Crippen molar-refractivity contribution in [3.8, 4) is 11.5 Å². The van der Waals surface area contributed by atoms with Gasteiger partial charge in [0.15, 0.2) is 11.5 Å². The third-order valence-electron chi connectivity index (χ3n) is 3.71. The second-order valence-electron chi connectivity index (χ2n) is 5.07. The Balaban J connectivity index is 1.87. The summed E-state index contributed by atoms with van der Waals surface area (Å²) in [5.41, 5.74) is 0. The van der Waals surface area contributed by atoms with Gasteiger partial charge in [0.05, 0.1) is 17.6 Å². The van der Waals surface area contributed by atoms with Gasteiger partial charge in [-0.25, -0.2) is 8.42 Å². The third-order valence-corrected chi connectivity index (χ3v) is 5.57. The van der Waals surface area contributed by atoms with E-state index in [2.05, 4.69) is 0 Å². The van der Waals surface area contributed by atoms with E-state index >= 15 is 0 Å². The van der Waals surface area contributed by atoms with Crippen molar-refractivity contribution in [2.45, 2.75) is 24.3 Å². The van der Waals surface area contributed by atoms with E-state index in [1.165, 1.54) is 4.31 Å².